The smallest absolute Gasteiger partial charge is 0.342 e. The summed E-state index contributed by atoms with van der Waals surface area (Å²) in [6.45, 7) is 1.76. The fourth-order valence-electron chi connectivity index (χ4n) is 3.72. The number of carbonyl (C=O) groups excluding carboxylic acids is 2. The van der Waals surface area contributed by atoms with Crippen molar-refractivity contribution in [2.24, 2.45) is 0 Å². The van der Waals surface area contributed by atoms with E-state index < -0.39 is 18.2 Å². The van der Waals surface area contributed by atoms with E-state index in [-0.39, 0.29) is 65.3 Å². The molecule has 0 radical (unpaired) electrons. The topological polar surface area (TPSA) is 106 Å². The van der Waals surface area contributed by atoms with Crippen molar-refractivity contribution in [3.05, 3.63) is 21.9 Å². The summed E-state index contributed by atoms with van der Waals surface area (Å²) in [6, 6.07) is 0. The Balaban J connectivity index is 1.89. The van der Waals surface area contributed by atoms with E-state index in [0.29, 0.717) is 12.8 Å². The molecule has 0 amide bonds. The van der Waals surface area contributed by atoms with E-state index in [9.17, 15) is 19.8 Å². The van der Waals surface area contributed by atoms with Crippen LogP contribution in [0.5, 0.6) is 0 Å². The molecular weight excluding hydrogens is 376 g/mol. The van der Waals surface area contributed by atoms with Gasteiger partial charge in [-0.1, -0.05) is 11.6 Å². The molecule has 150 valence electrons. The molecule has 1 aliphatic carbocycles. The second kappa shape index (κ2) is 8.31. The molecule has 3 aliphatic rings. The average molecular weight is 401 g/mol. The van der Waals surface area contributed by atoms with Crippen LogP contribution in [0.3, 0.4) is 0 Å². The first-order chi connectivity index (χ1) is 12.8. The van der Waals surface area contributed by atoms with Crippen LogP contribution in [0.1, 0.15) is 45.4 Å². The number of aliphatic hydroxyl groups excluding tert-OH is 2. The number of cyclic esters (lactones) is 1. The minimum atomic E-state index is -1.15. The maximum atomic E-state index is 12.6. The molecule has 2 saturated heterocycles. The lowest BCUT2D eigenvalue weighted by atomic mass is 9.89. The quantitative estimate of drug-likeness (QED) is 0.513. The van der Waals surface area contributed by atoms with Crippen LogP contribution < -0.4 is 0 Å². The Morgan fingerprint density at radius 1 is 1.19 bits per heavy atom. The van der Waals surface area contributed by atoms with Gasteiger partial charge in [0.05, 0.1) is 29.4 Å². The third kappa shape index (κ3) is 4.71. The minimum absolute atomic E-state index is 0.00703. The Bertz CT molecular complexity index is 684. The van der Waals surface area contributed by atoms with Gasteiger partial charge >= 0.3 is 5.97 Å². The zero-order valence-corrected chi connectivity index (χ0v) is 16.2. The Morgan fingerprint density at radius 3 is 2.63 bits per heavy atom. The maximum absolute atomic E-state index is 12.6. The SMILES string of the molecule is COC1CCC2OC2C[C@@H](C)OC(=O)C2=C(O)CC(O)C(Cl)=C2CC(=O)C1. The molecule has 2 N–H and O–H groups in total. The number of hydrogen-bond acceptors (Lipinski definition) is 7. The number of carbonyl (C=O) groups is 2. The predicted molar refractivity (Wildman–Crippen MR) is 96.3 cm³/mol. The molecule has 2 heterocycles. The van der Waals surface area contributed by atoms with E-state index in [4.69, 9.17) is 25.8 Å². The molecule has 7 nitrogen and oxygen atoms in total. The highest BCUT2D eigenvalue weighted by Crippen LogP contribution is 2.37. The molecule has 5 atom stereocenters. The molecule has 2 fully saturated rings. The fourth-order valence-corrected chi connectivity index (χ4v) is 3.96. The van der Waals surface area contributed by atoms with Gasteiger partial charge in [0, 0.05) is 32.8 Å². The molecule has 8 heteroatoms. The van der Waals surface area contributed by atoms with Gasteiger partial charge in [0.15, 0.2) is 0 Å². The Labute approximate surface area is 162 Å². The van der Waals surface area contributed by atoms with Gasteiger partial charge < -0.3 is 24.4 Å². The van der Waals surface area contributed by atoms with Crippen LogP contribution in [0, 0.1) is 0 Å². The van der Waals surface area contributed by atoms with Gasteiger partial charge in [-0.3, -0.25) is 4.79 Å². The zero-order chi connectivity index (χ0) is 19.7. The Morgan fingerprint density at radius 2 is 1.93 bits per heavy atom. The summed E-state index contributed by atoms with van der Waals surface area (Å²) in [5, 5.41) is 20.3. The molecule has 4 unspecified atom stereocenters. The van der Waals surface area contributed by atoms with E-state index in [1.807, 2.05) is 0 Å². The van der Waals surface area contributed by atoms with Crippen molar-refractivity contribution in [3.8, 4) is 0 Å². The summed E-state index contributed by atoms with van der Waals surface area (Å²) >= 11 is 6.20. The average Bonchev–Trinajstić information content (AvgIpc) is 3.32. The number of ether oxygens (including phenoxy) is 3. The number of epoxide rings is 1. The van der Waals surface area contributed by atoms with Crippen LogP contribution in [0.25, 0.3) is 0 Å². The van der Waals surface area contributed by atoms with Crippen LogP contribution in [-0.2, 0) is 23.8 Å². The summed E-state index contributed by atoms with van der Waals surface area (Å²) < 4.78 is 16.5. The molecule has 0 spiro atoms. The second-order valence-corrected chi connectivity index (χ2v) is 7.79. The highest BCUT2D eigenvalue weighted by molar-refractivity contribution is 6.31. The van der Waals surface area contributed by atoms with Gasteiger partial charge in [0.1, 0.15) is 23.2 Å². The normalized spacial score (nSPS) is 35.9. The number of Topliss-reactive ketones (excluding diaryl/α,β-unsaturated/α-hetero) is 1. The van der Waals surface area contributed by atoms with E-state index >= 15 is 0 Å². The Kier molecular flexibility index (Phi) is 6.25. The van der Waals surface area contributed by atoms with Crippen LogP contribution in [0.4, 0.5) is 0 Å². The van der Waals surface area contributed by atoms with Crippen molar-refractivity contribution in [1.29, 1.82) is 0 Å². The number of aliphatic hydroxyl groups is 2. The van der Waals surface area contributed by atoms with E-state index in [2.05, 4.69) is 0 Å². The number of hydrogen-bond donors (Lipinski definition) is 2. The molecule has 27 heavy (non-hydrogen) atoms. The largest absolute Gasteiger partial charge is 0.511 e. The van der Waals surface area contributed by atoms with Gasteiger partial charge in [-0.2, -0.15) is 0 Å². The van der Waals surface area contributed by atoms with Crippen LogP contribution in [-0.4, -0.2) is 59.6 Å². The number of fused-ring (bicyclic) bond motifs is 2. The van der Waals surface area contributed by atoms with Crippen molar-refractivity contribution in [2.45, 2.75) is 76.0 Å². The lowest BCUT2D eigenvalue weighted by Gasteiger charge is -2.25. The summed E-state index contributed by atoms with van der Waals surface area (Å²) in [6.07, 6.45) is 0.0499. The summed E-state index contributed by atoms with van der Waals surface area (Å²) in [5.41, 5.74) is 0.00682. The fraction of sp³-hybridized carbons (Fsp3) is 0.684. The summed E-state index contributed by atoms with van der Waals surface area (Å²) in [4.78, 5) is 25.2. The van der Waals surface area contributed by atoms with Crippen LogP contribution >= 0.6 is 11.6 Å². The standard InChI is InChI=1S/C19H25ClO7/c1-9-5-16-15(27-16)4-3-11(25-2)6-10(21)7-12-17(19(24)26-9)13(22)8-14(23)18(12)20/h9,11,14-16,22-23H,3-8H2,1-2H3/t9-,11?,14?,15?,16?/m1/s1. The number of rotatable bonds is 1. The lowest BCUT2D eigenvalue weighted by Crippen LogP contribution is -2.27. The lowest BCUT2D eigenvalue weighted by molar-refractivity contribution is -0.143. The highest BCUT2D eigenvalue weighted by atomic mass is 35.5. The molecule has 3 rings (SSSR count). The van der Waals surface area contributed by atoms with Crippen molar-refractivity contribution in [1.82, 2.24) is 0 Å². The molecule has 0 aromatic carbocycles. The number of esters is 1. The molecule has 0 aromatic heterocycles. The molecule has 0 bridgehead atoms. The first kappa shape index (κ1) is 20.3. The molecule has 0 aromatic rings. The van der Waals surface area contributed by atoms with Crippen LogP contribution in [0.2, 0.25) is 0 Å². The maximum Gasteiger partial charge on any atom is 0.342 e. The van der Waals surface area contributed by atoms with Gasteiger partial charge in [0.2, 0.25) is 0 Å². The number of halogens is 1. The summed E-state index contributed by atoms with van der Waals surface area (Å²) in [5.74, 6) is -1.26. The summed E-state index contributed by atoms with van der Waals surface area (Å²) in [7, 11) is 1.56. The van der Waals surface area contributed by atoms with Gasteiger partial charge in [0.25, 0.3) is 0 Å². The van der Waals surface area contributed by atoms with Gasteiger partial charge in [-0.25, -0.2) is 4.79 Å². The number of ketones is 1. The van der Waals surface area contributed by atoms with E-state index in [1.54, 1.807) is 14.0 Å². The second-order valence-electron chi connectivity index (χ2n) is 7.39. The van der Waals surface area contributed by atoms with Crippen molar-refractivity contribution < 1.29 is 34.0 Å². The molecular formula is C19H25ClO7. The zero-order valence-electron chi connectivity index (χ0n) is 15.4. The van der Waals surface area contributed by atoms with Crippen molar-refractivity contribution in [3.63, 3.8) is 0 Å². The molecule has 0 saturated carbocycles. The monoisotopic (exact) mass is 400 g/mol. The third-order valence-corrected chi connectivity index (χ3v) is 5.74. The number of methoxy groups -OCH3 is 1. The van der Waals surface area contributed by atoms with E-state index in [1.165, 1.54) is 0 Å². The van der Waals surface area contributed by atoms with Crippen molar-refractivity contribution >= 4 is 23.4 Å². The highest BCUT2D eigenvalue weighted by Gasteiger charge is 2.41. The minimum Gasteiger partial charge on any atom is -0.511 e. The first-order valence-electron chi connectivity index (χ1n) is 9.20. The third-order valence-electron chi connectivity index (χ3n) is 5.26. The van der Waals surface area contributed by atoms with Crippen LogP contribution in [0.15, 0.2) is 21.9 Å². The van der Waals surface area contributed by atoms with Crippen molar-refractivity contribution in [2.75, 3.05) is 7.11 Å². The Hall–Kier alpha value is -1.41. The van der Waals surface area contributed by atoms with Gasteiger partial charge in [-0.15, -0.1) is 0 Å². The molecule has 2 aliphatic heterocycles. The van der Waals surface area contributed by atoms with E-state index in [0.717, 1.165) is 6.42 Å². The first-order valence-corrected chi connectivity index (χ1v) is 9.58. The van der Waals surface area contributed by atoms with Gasteiger partial charge in [-0.05, 0) is 25.3 Å². The predicted octanol–water partition coefficient (Wildman–Crippen LogP) is 2.30.